The number of nitrogens with zero attached hydrogens (tertiary/aromatic N) is 1. The zero-order valence-corrected chi connectivity index (χ0v) is 7.60. The SMILES string of the molecule is COc1cccc(C2CO2)c1[N+](=O)[O-]. The second kappa shape index (κ2) is 3.26. The molecule has 0 aliphatic carbocycles. The minimum Gasteiger partial charge on any atom is -0.490 e. The summed E-state index contributed by atoms with van der Waals surface area (Å²) in [5, 5.41) is 10.8. The topological polar surface area (TPSA) is 64.9 Å². The first-order valence-electron chi connectivity index (χ1n) is 4.17. The van der Waals surface area contributed by atoms with Crippen molar-refractivity contribution in [3.8, 4) is 5.75 Å². The first-order chi connectivity index (χ1) is 6.74. The Bertz CT molecular complexity index is 373. The largest absolute Gasteiger partial charge is 0.490 e. The van der Waals surface area contributed by atoms with Gasteiger partial charge in [-0.3, -0.25) is 10.1 Å². The van der Waals surface area contributed by atoms with Gasteiger partial charge in [0.15, 0.2) is 5.75 Å². The first-order valence-corrected chi connectivity index (χ1v) is 4.17. The lowest BCUT2D eigenvalue weighted by atomic mass is 10.1. The van der Waals surface area contributed by atoms with Gasteiger partial charge in [-0.1, -0.05) is 6.07 Å². The van der Waals surface area contributed by atoms with Gasteiger partial charge in [0.05, 0.1) is 24.2 Å². The van der Waals surface area contributed by atoms with Gasteiger partial charge >= 0.3 is 5.69 Å². The van der Waals surface area contributed by atoms with Gasteiger partial charge in [0.25, 0.3) is 0 Å². The maximum absolute atomic E-state index is 10.8. The van der Waals surface area contributed by atoms with E-state index in [2.05, 4.69) is 0 Å². The Hall–Kier alpha value is -1.62. The molecule has 1 saturated heterocycles. The molecule has 0 spiro atoms. The van der Waals surface area contributed by atoms with Crippen LogP contribution in [-0.4, -0.2) is 18.6 Å². The number of hydrogen-bond donors (Lipinski definition) is 0. The van der Waals surface area contributed by atoms with Crippen LogP contribution in [0.1, 0.15) is 11.7 Å². The lowest BCUT2D eigenvalue weighted by Gasteiger charge is -2.04. The number of rotatable bonds is 3. The van der Waals surface area contributed by atoms with Gasteiger partial charge in [0, 0.05) is 0 Å². The Balaban J connectivity index is 2.52. The third kappa shape index (κ3) is 1.42. The third-order valence-electron chi connectivity index (χ3n) is 2.11. The van der Waals surface area contributed by atoms with Crippen LogP contribution in [0, 0.1) is 10.1 Å². The standard InChI is InChI=1S/C9H9NO4/c1-13-7-4-2-3-6(8-5-14-8)9(7)10(11)12/h2-4,8H,5H2,1H3. The van der Waals surface area contributed by atoms with Crippen LogP contribution in [0.2, 0.25) is 0 Å². The number of nitro groups is 1. The van der Waals surface area contributed by atoms with Gasteiger partial charge in [-0.15, -0.1) is 0 Å². The van der Waals surface area contributed by atoms with E-state index in [4.69, 9.17) is 9.47 Å². The van der Waals surface area contributed by atoms with Crippen molar-refractivity contribution in [1.29, 1.82) is 0 Å². The van der Waals surface area contributed by atoms with Crippen molar-refractivity contribution in [2.45, 2.75) is 6.10 Å². The Morgan fingerprint density at radius 3 is 2.86 bits per heavy atom. The number of ether oxygens (including phenoxy) is 2. The van der Waals surface area contributed by atoms with E-state index in [0.717, 1.165) is 0 Å². The first kappa shape index (κ1) is 8.96. The van der Waals surface area contributed by atoms with E-state index < -0.39 is 4.92 Å². The summed E-state index contributed by atoms with van der Waals surface area (Å²) in [5.41, 5.74) is 0.604. The molecule has 1 unspecified atom stereocenters. The smallest absolute Gasteiger partial charge is 0.316 e. The molecule has 1 fully saturated rings. The molecule has 5 heteroatoms. The number of benzene rings is 1. The van der Waals surface area contributed by atoms with E-state index in [1.807, 2.05) is 0 Å². The number of nitro benzene ring substituents is 1. The summed E-state index contributed by atoms with van der Waals surface area (Å²) in [6.45, 7) is 0.550. The van der Waals surface area contributed by atoms with E-state index >= 15 is 0 Å². The molecule has 0 amide bonds. The van der Waals surface area contributed by atoms with E-state index in [1.165, 1.54) is 7.11 Å². The molecule has 1 aromatic rings. The number of methoxy groups -OCH3 is 1. The lowest BCUT2D eigenvalue weighted by Crippen LogP contribution is -1.98. The molecule has 1 aliphatic heterocycles. The second-order valence-electron chi connectivity index (χ2n) is 2.98. The number of epoxide rings is 1. The van der Waals surface area contributed by atoms with Crippen LogP contribution >= 0.6 is 0 Å². The highest BCUT2D eigenvalue weighted by molar-refractivity contribution is 5.54. The number of para-hydroxylation sites is 1. The van der Waals surface area contributed by atoms with Gasteiger partial charge < -0.3 is 9.47 Å². The van der Waals surface area contributed by atoms with Crippen LogP contribution in [0.5, 0.6) is 5.75 Å². The molecule has 0 bridgehead atoms. The summed E-state index contributed by atoms with van der Waals surface area (Å²) in [7, 11) is 1.42. The van der Waals surface area contributed by atoms with Crippen molar-refractivity contribution in [2.75, 3.05) is 13.7 Å². The highest BCUT2D eigenvalue weighted by Gasteiger charge is 2.34. The predicted octanol–water partition coefficient (Wildman–Crippen LogP) is 1.67. The van der Waals surface area contributed by atoms with Crippen LogP contribution in [0.15, 0.2) is 18.2 Å². The van der Waals surface area contributed by atoms with Crippen LogP contribution < -0.4 is 4.74 Å². The zero-order valence-electron chi connectivity index (χ0n) is 7.60. The fourth-order valence-corrected chi connectivity index (χ4v) is 1.39. The van der Waals surface area contributed by atoms with Gasteiger partial charge in [-0.25, -0.2) is 0 Å². The summed E-state index contributed by atoms with van der Waals surface area (Å²) >= 11 is 0. The average molecular weight is 195 g/mol. The van der Waals surface area contributed by atoms with Crippen LogP contribution in [0.25, 0.3) is 0 Å². The van der Waals surface area contributed by atoms with Gasteiger partial charge in [0.1, 0.15) is 6.10 Å². The molecule has 1 heterocycles. The molecule has 14 heavy (non-hydrogen) atoms. The normalized spacial score (nSPS) is 19.1. The molecule has 1 atom stereocenters. The maximum Gasteiger partial charge on any atom is 0.316 e. The fourth-order valence-electron chi connectivity index (χ4n) is 1.39. The molecular weight excluding hydrogens is 186 g/mol. The lowest BCUT2D eigenvalue weighted by molar-refractivity contribution is -0.386. The molecule has 0 saturated carbocycles. The van der Waals surface area contributed by atoms with E-state index in [0.29, 0.717) is 12.2 Å². The van der Waals surface area contributed by atoms with Crippen molar-refractivity contribution in [3.63, 3.8) is 0 Å². The molecule has 0 radical (unpaired) electrons. The maximum atomic E-state index is 10.8. The van der Waals surface area contributed by atoms with Crippen LogP contribution in [0.3, 0.4) is 0 Å². The van der Waals surface area contributed by atoms with Crippen molar-refractivity contribution in [2.24, 2.45) is 0 Å². The summed E-state index contributed by atoms with van der Waals surface area (Å²) in [6.07, 6.45) is -0.134. The van der Waals surface area contributed by atoms with Crippen molar-refractivity contribution < 1.29 is 14.4 Å². The Kier molecular flexibility index (Phi) is 2.09. The molecule has 1 aliphatic rings. The highest BCUT2D eigenvalue weighted by Crippen LogP contribution is 2.40. The molecule has 1 aromatic carbocycles. The van der Waals surface area contributed by atoms with Gasteiger partial charge in [0.2, 0.25) is 0 Å². The molecule has 0 aromatic heterocycles. The molecule has 5 nitrogen and oxygen atoms in total. The predicted molar refractivity (Wildman–Crippen MR) is 48.3 cm³/mol. The molecule has 0 N–H and O–H groups in total. The van der Waals surface area contributed by atoms with Crippen LogP contribution in [-0.2, 0) is 4.74 Å². The highest BCUT2D eigenvalue weighted by atomic mass is 16.6. The van der Waals surface area contributed by atoms with E-state index in [9.17, 15) is 10.1 Å². The summed E-state index contributed by atoms with van der Waals surface area (Å²) in [6, 6.07) is 4.99. The molecule has 2 rings (SSSR count). The molecular formula is C9H9NO4. The summed E-state index contributed by atoms with van der Waals surface area (Å²) < 4.78 is 9.95. The Morgan fingerprint density at radius 2 is 2.36 bits per heavy atom. The second-order valence-corrected chi connectivity index (χ2v) is 2.98. The minimum absolute atomic E-state index is 0.0116. The van der Waals surface area contributed by atoms with Gasteiger partial charge in [-0.05, 0) is 12.1 Å². The fraction of sp³-hybridized carbons (Fsp3) is 0.333. The van der Waals surface area contributed by atoms with E-state index in [1.54, 1.807) is 18.2 Å². The summed E-state index contributed by atoms with van der Waals surface area (Å²) in [4.78, 5) is 10.4. The average Bonchev–Trinajstić information content (AvgIpc) is 2.99. The Morgan fingerprint density at radius 1 is 1.64 bits per heavy atom. The van der Waals surface area contributed by atoms with Crippen LogP contribution in [0.4, 0.5) is 5.69 Å². The van der Waals surface area contributed by atoms with E-state index in [-0.39, 0.29) is 17.5 Å². The monoisotopic (exact) mass is 195 g/mol. The van der Waals surface area contributed by atoms with Crippen molar-refractivity contribution in [3.05, 3.63) is 33.9 Å². The van der Waals surface area contributed by atoms with Gasteiger partial charge in [-0.2, -0.15) is 0 Å². The minimum atomic E-state index is -0.435. The third-order valence-corrected chi connectivity index (χ3v) is 2.11. The van der Waals surface area contributed by atoms with Crippen molar-refractivity contribution >= 4 is 5.69 Å². The Labute approximate surface area is 80.4 Å². The van der Waals surface area contributed by atoms with Crippen molar-refractivity contribution in [1.82, 2.24) is 0 Å². The zero-order chi connectivity index (χ0) is 10.1. The summed E-state index contributed by atoms with van der Waals surface area (Å²) in [5.74, 6) is 0.281. The number of hydrogen-bond acceptors (Lipinski definition) is 4. The quantitative estimate of drug-likeness (QED) is 0.418. The molecule has 74 valence electrons.